The van der Waals surface area contributed by atoms with Gasteiger partial charge in [0.15, 0.2) is 5.78 Å². The van der Waals surface area contributed by atoms with Gasteiger partial charge in [0, 0.05) is 19.5 Å². The number of rotatable bonds is 4. The minimum Gasteiger partial charge on any atom is -0.301 e. The lowest BCUT2D eigenvalue weighted by Gasteiger charge is -2.26. The van der Waals surface area contributed by atoms with Crippen molar-refractivity contribution in [2.45, 2.75) is 32.7 Å². The van der Waals surface area contributed by atoms with Crippen molar-refractivity contribution in [2.75, 3.05) is 19.6 Å². The van der Waals surface area contributed by atoms with Crippen LogP contribution in [0.3, 0.4) is 0 Å². The van der Waals surface area contributed by atoms with Crippen LogP contribution in [-0.2, 0) is 6.54 Å². The molecule has 98 valence electrons. The zero-order chi connectivity index (χ0) is 13.0. The van der Waals surface area contributed by atoms with E-state index >= 15 is 0 Å². The summed E-state index contributed by atoms with van der Waals surface area (Å²) in [6.45, 7) is 5.04. The number of nitrogens with zero attached hydrogens (tertiary/aromatic N) is 3. The van der Waals surface area contributed by atoms with E-state index in [1.165, 1.54) is 43.0 Å². The van der Waals surface area contributed by atoms with Crippen molar-refractivity contribution in [3.8, 4) is 0 Å². The Kier molecular flexibility index (Phi) is 4.25. The third kappa shape index (κ3) is 3.26. The van der Waals surface area contributed by atoms with Crippen LogP contribution in [0.5, 0.6) is 0 Å². The number of hydrogen-bond donors (Lipinski definition) is 0. The van der Waals surface area contributed by atoms with Crippen LogP contribution in [0.25, 0.3) is 0 Å². The molecule has 0 radical (unpaired) electrons. The molecule has 0 amide bonds. The van der Waals surface area contributed by atoms with Crippen LogP contribution in [-0.4, -0.2) is 40.1 Å². The number of hydrogen-bond acceptors (Lipinski definition) is 4. The maximum absolute atomic E-state index is 11.6. The summed E-state index contributed by atoms with van der Waals surface area (Å²) in [7, 11) is 0. The molecule has 18 heavy (non-hydrogen) atoms. The van der Waals surface area contributed by atoms with Crippen LogP contribution in [0, 0.1) is 0 Å². The van der Waals surface area contributed by atoms with Crippen LogP contribution in [0.2, 0.25) is 0 Å². The third-order valence-electron chi connectivity index (χ3n) is 3.30. The van der Waals surface area contributed by atoms with Crippen molar-refractivity contribution in [2.24, 2.45) is 0 Å². The topological polar surface area (TPSA) is 55.2 Å². The zero-order valence-electron chi connectivity index (χ0n) is 10.8. The Morgan fingerprint density at radius 1 is 1.22 bits per heavy atom. The molecular formula is C13H19N3O2. The van der Waals surface area contributed by atoms with Crippen LogP contribution in [0.4, 0.5) is 0 Å². The minimum absolute atomic E-state index is 0.110. The fourth-order valence-corrected chi connectivity index (χ4v) is 2.22. The van der Waals surface area contributed by atoms with E-state index in [9.17, 15) is 9.59 Å². The van der Waals surface area contributed by atoms with Crippen molar-refractivity contribution in [1.82, 2.24) is 14.7 Å². The highest BCUT2D eigenvalue weighted by Gasteiger charge is 2.11. The van der Waals surface area contributed by atoms with E-state index in [1.54, 1.807) is 0 Å². The predicted molar refractivity (Wildman–Crippen MR) is 68.8 cm³/mol. The lowest BCUT2D eigenvalue weighted by atomic mass is 10.1. The number of carbonyl (C=O) groups excluding carboxylic acids is 1. The number of carbonyl (C=O) groups is 1. The summed E-state index contributed by atoms with van der Waals surface area (Å²) in [5, 5.41) is 4.08. The van der Waals surface area contributed by atoms with Gasteiger partial charge in [-0.25, -0.2) is 4.68 Å². The molecule has 0 saturated carbocycles. The number of Topliss-reactive ketones (excluding diaryl/α,β-unsaturated/α-hetero) is 1. The van der Waals surface area contributed by atoms with Gasteiger partial charge in [-0.3, -0.25) is 9.59 Å². The summed E-state index contributed by atoms with van der Waals surface area (Å²) in [6.07, 6.45) is 3.76. The fraction of sp³-hybridized carbons (Fsp3) is 0.615. The monoisotopic (exact) mass is 249 g/mol. The molecule has 0 aliphatic carbocycles. The Morgan fingerprint density at radius 3 is 2.61 bits per heavy atom. The first-order valence-electron chi connectivity index (χ1n) is 6.48. The summed E-state index contributed by atoms with van der Waals surface area (Å²) in [4.78, 5) is 25.2. The average molecular weight is 249 g/mol. The van der Waals surface area contributed by atoms with Gasteiger partial charge in [-0.2, -0.15) is 5.10 Å². The maximum Gasteiger partial charge on any atom is 0.266 e. The first kappa shape index (κ1) is 13.0. The lowest BCUT2D eigenvalue weighted by Crippen LogP contribution is -2.35. The summed E-state index contributed by atoms with van der Waals surface area (Å²) in [5.74, 6) is -0.110. The van der Waals surface area contributed by atoms with Crippen molar-refractivity contribution in [3.63, 3.8) is 0 Å². The zero-order valence-corrected chi connectivity index (χ0v) is 10.8. The number of ketones is 1. The predicted octanol–water partition coefficient (Wildman–Crippen LogP) is 0.932. The number of likely N-dealkylation sites (tertiary alicyclic amines) is 1. The number of aromatic nitrogens is 2. The van der Waals surface area contributed by atoms with Crippen molar-refractivity contribution in [1.29, 1.82) is 0 Å². The van der Waals surface area contributed by atoms with Gasteiger partial charge in [0.1, 0.15) is 5.69 Å². The highest BCUT2D eigenvalue weighted by Crippen LogP contribution is 2.07. The van der Waals surface area contributed by atoms with Gasteiger partial charge in [0.2, 0.25) is 0 Å². The molecule has 5 heteroatoms. The molecule has 0 aromatic carbocycles. The van der Waals surface area contributed by atoms with Gasteiger partial charge in [0.05, 0.1) is 6.54 Å². The molecule has 2 heterocycles. The molecule has 0 spiro atoms. The molecule has 0 unspecified atom stereocenters. The van der Waals surface area contributed by atoms with E-state index < -0.39 is 0 Å². The molecule has 1 saturated heterocycles. The first-order valence-corrected chi connectivity index (χ1v) is 6.48. The molecule has 0 bridgehead atoms. The average Bonchev–Trinajstić information content (AvgIpc) is 2.38. The van der Waals surface area contributed by atoms with Crippen LogP contribution in [0.1, 0.15) is 36.7 Å². The largest absolute Gasteiger partial charge is 0.301 e. The molecule has 1 aromatic rings. The highest BCUT2D eigenvalue weighted by molar-refractivity contribution is 5.91. The molecule has 0 atom stereocenters. The molecule has 1 fully saturated rings. The molecule has 1 aliphatic heterocycles. The van der Waals surface area contributed by atoms with Crippen molar-refractivity contribution >= 4 is 5.78 Å². The van der Waals surface area contributed by atoms with E-state index in [-0.39, 0.29) is 11.3 Å². The molecule has 1 aromatic heterocycles. The summed E-state index contributed by atoms with van der Waals surface area (Å²) < 4.78 is 1.39. The summed E-state index contributed by atoms with van der Waals surface area (Å²) >= 11 is 0. The van der Waals surface area contributed by atoms with Crippen LogP contribution < -0.4 is 5.56 Å². The Labute approximate surface area is 106 Å². The van der Waals surface area contributed by atoms with Gasteiger partial charge in [0.25, 0.3) is 5.56 Å². The molecule has 2 rings (SSSR count). The van der Waals surface area contributed by atoms with Gasteiger partial charge in [-0.15, -0.1) is 0 Å². The second-order valence-electron chi connectivity index (χ2n) is 4.74. The van der Waals surface area contributed by atoms with Gasteiger partial charge in [-0.1, -0.05) is 6.42 Å². The number of piperidine rings is 1. The van der Waals surface area contributed by atoms with Crippen LogP contribution in [0.15, 0.2) is 16.9 Å². The quantitative estimate of drug-likeness (QED) is 0.745. The fourth-order valence-electron chi connectivity index (χ4n) is 2.22. The molecule has 0 N–H and O–H groups in total. The van der Waals surface area contributed by atoms with E-state index in [1.807, 2.05) is 0 Å². The van der Waals surface area contributed by atoms with E-state index in [2.05, 4.69) is 10.00 Å². The minimum atomic E-state index is -0.142. The summed E-state index contributed by atoms with van der Waals surface area (Å²) in [5.41, 5.74) is 0.213. The second kappa shape index (κ2) is 5.91. The van der Waals surface area contributed by atoms with Gasteiger partial charge >= 0.3 is 0 Å². The Balaban J connectivity index is 2.01. The van der Waals surface area contributed by atoms with E-state index in [4.69, 9.17) is 0 Å². The van der Waals surface area contributed by atoms with Gasteiger partial charge < -0.3 is 4.90 Å². The Hall–Kier alpha value is -1.49. The van der Waals surface area contributed by atoms with Crippen molar-refractivity contribution < 1.29 is 4.79 Å². The second-order valence-corrected chi connectivity index (χ2v) is 4.74. The SMILES string of the molecule is CC(=O)c1ccc(=O)n(CCN2CCCCC2)n1. The van der Waals surface area contributed by atoms with E-state index in [0.717, 1.165) is 19.6 Å². The summed E-state index contributed by atoms with van der Waals surface area (Å²) in [6, 6.07) is 2.90. The van der Waals surface area contributed by atoms with E-state index in [0.29, 0.717) is 12.2 Å². The highest BCUT2D eigenvalue weighted by atomic mass is 16.1. The normalized spacial score (nSPS) is 16.7. The Morgan fingerprint density at radius 2 is 1.94 bits per heavy atom. The van der Waals surface area contributed by atoms with Crippen LogP contribution >= 0.6 is 0 Å². The Bertz CT molecular complexity index is 475. The van der Waals surface area contributed by atoms with Crippen molar-refractivity contribution in [3.05, 3.63) is 28.2 Å². The standard InChI is InChI=1S/C13H19N3O2/c1-11(17)12-5-6-13(18)16(14-12)10-9-15-7-3-2-4-8-15/h5-6H,2-4,7-10H2,1H3. The molecule has 5 nitrogen and oxygen atoms in total. The maximum atomic E-state index is 11.6. The molecular weight excluding hydrogens is 230 g/mol. The first-order chi connectivity index (χ1) is 8.66. The lowest BCUT2D eigenvalue weighted by molar-refractivity contribution is 0.101. The molecule has 1 aliphatic rings. The smallest absolute Gasteiger partial charge is 0.266 e. The van der Waals surface area contributed by atoms with Gasteiger partial charge in [-0.05, 0) is 32.0 Å². The third-order valence-corrected chi connectivity index (χ3v) is 3.30.